The third kappa shape index (κ3) is 4.79. The van der Waals surface area contributed by atoms with Gasteiger partial charge in [-0.3, -0.25) is 14.9 Å². The summed E-state index contributed by atoms with van der Waals surface area (Å²) in [7, 11) is 1.80. The summed E-state index contributed by atoms with van der Waals surface area (Å²) in [6.07, 6.45) is 1.38. The Morgan fingerprint density at radius 1 is 1.14 bits per heavy atom. The highest BCUT2D eigenvalue weighted by molar-refractivity contribution is 5.79. The second kappa shape index (κ2) is 9.21. The van der Waals surface area contributed by atoms with Gasteiger partial charge in [-0.05, 0) is 31.0 Å². The molecule has 0 N–H and O–H groups in total. The molecule has 7 nitrogen and oxygen atoms in total. The molecule has 0 saturated carbocycles. The number of carbonyl (C=O) groups is 1. The number of para-hydroxylation sites is 3. The first-order valence-electron chi connectivity index (χ1n) is 9.47. The molecule has 1 aliphatic rings. The van der Waals surface area contributed by atoms with E-state index in [1.807, 2.05) is 35.2 Å². The lowest BCUT2D eigenvalue weighted by Crippen LogP contribution is -2.42. The highest BCUT2D eigenvalue weighted by Gasteiger charge is 2.29. The second-order valence-corrected chi connectivity index (χ2v) is 6.93. The van der Waals surface area contributed by atoms with Gasteiger partial charge in [0.25, 0.3) is 5.69 Å². The number of amides is 1. The van der Waals surface area contributed by atoms with E-state index < -0.39 is 0 Å². The molecule has 1 fully saturated rings. The van der Waals surface area contributed by atoms with Crippen molar-refractivity contribution >= 4 is 17.3 Å². The largest absolute Gasteiger partial charge is 0.492 e. The topological polar surface area (TPSA) is 75.9 Å². The SMILES string of the molecule is CN(CCOc1ccccc1)C(=O)C1CCN(c2ccccc2[N+](=O)[O-])CC1. The zero-order chi connectivity index (χ0) is 19.9. The van der Waals surface area contributed by atoms with Crippen LogP contribution in [0.15, 0.2) is 54.6 Å². The third-order valence-corrected chi connectivity index (χ3v) is 5.08. The van der Waals surface area contributed by atoms with Crippen molar-refractivity contribution in [3.8, 4) is 5.75 Å². The Balaban J connectivity index is 1.49. The lowest BCUT2D eigenvalue weighted by molar-refractivity contribution is -0.384. The van der Waals surface area contributed by atoms with E-state index in [-0.39, 0.29) is 22.4 Å². The molecule has 0 radical (unpaired) electrons. The van der Waals surface area contributed by atoms with Crippen LogP contribution in [0.25, 0.3) is 0 Å². The van der Waals surface area contributed by atoms with Gasteiger partial charge in [0, 0.05) is 32.1 Å². The standard InChI is InChI=1S/C21H25N3O4/c1-22(15-16-28-18-7-3-2-4-8-18)21(25)17-11-13-23(14-12-17)19-9-5-6-10-20(19)24(26)27/h2-10,17H,11-16H2,1H3. The van der Waals surface area contributed by atoms with E-state index >= 15 is 0 Å². The first-order chi connectivity index (χ1) is 13.6. The average molecular weight is 383 g/mol. The molecule has 1 aliphatic heterocycles. The Morgan fingerprint density at radius 2 is 1.79 bits per heavy atom. The fourth-order valence-corrected chi connectivity index (χ4v) is 3.49. The Morgan fingerprint density at radius 3 is 2.46 bits per heavy atom. The number of benzene rings is 2. The number of hydrogen-bond acceptors (Lipinski definition) is 5. The van der Waals surface area contributed by atoms with Crippen molar-refractivity contribution in [1.82, 2.24) is 4.90 Å². The molecule has 2 aromatic rings. The summed E-state index contributed by atoms with van der Waals surface area (Å²) in [4.78, 5) is 27.3. The Labute approximate surface area is 164 Å². The van der Waals surface area contributed by atoms with Crippen molar-refractivity contribution in [3.05, 3.63) is 64.7 Å². The summed E-state index contributed by atoms with van der Waals surface area (Å²) >= 11 is 0. The van der Waals surface area contributed by atoms with Crippen molar-refractivity contribution in [3.63, 3.8) is 0 Å². The summed E-state index contributed by atoms with van der Waals surface area (Å²) < 4.78 is 5.66. The van der Waals surface area contributed by atoms with Crippen molar-refractivity contribution < 1.29 is 14.5 Å². The minimum atomic E-state index is -0.354. The van der Waals surface area contributed by atoms with Crippen molar-refractivity contribution in [2.24, 2.45) is 5.92 Å². The van der Waals surface area contributed by atoms with Gasteiger partial charge < -0.3 is 14.5 Å². The van der Waals surface area contributed by atoms with Crippen LogP contribution in [0.2, 0.25) is 0 Å². The van der Waals surface area contributed by atoms with Crippen LogP contribution in [0.3, 0.4) is 0 Å². The fraction of sp³-hybridized carbons (Fsp3) is 0.381. The van der Waals surface area contributed by atoms with Gasteiger partial charge in [0.2, 0.25) is 5.91 Å². The molecule has 0 unspecified atom stereocenters. The van der Waals surface area contributed by atoms with Crippen LogP contribution in [0.4, 0.5) is 11.4 Å². The smallest absolute Gasteiger partial charge is 0.292 e. The number of nitro groups is 1. The zero-order valence-corrected chi connectivity index (χ0v) is 16.0. The van der Waals surface area contributed by atoms with Gasteiger partial charge in [-0.15, -0.1) is 0 Å². The van der Waals surface area contributed by atoms with Crippen molar-refractivity contribution in [2.75, 3.05) is 38.2 Å². The van der Waals surface area contributed by atoms with Crippen LogP contribution in [-0.4, -0.2) is 49.0 Å². The van der Waals surface area contributed by atoms with Gasteiger partial charge in [-0.2, -0.15) is 0 Å². The number of likely N-dealkylation sites (N-methyl/N-ethyl adjacent to an activating group) is 1. The Hall–Kier alpha value is -3.09. The van der Waals surface area contributed by atoms with Gasteiger partial charge in [-0.1, -0.05) is 30.3 Å². The summed E-state index contributed by atoms with van der Waals surface area (Å²) in [6.45, 7) is 2.24. The highest BCUT2D eigenvalue weighted by Crippen LogP contribution is 2.31. The lowest BCUT2D eigenvalue weighted by Gasteiger charge is -2.34. The number of anilines is 1. The Bertz CT molecular complexity index is 804. The Kier molecular flexibility index (Phi) is 6.47. The normalized spacial score (nSPS) is 14.5. The van der Waals surface area contributed by atoms with Crippen molar-refractivity contribution in [1.29, 1.82) is 0 Å². The van der Waals surface area contributed by atoms with E-state index in [4.69, 9.17) is 4.74 Å². The molecule has 1 amide bonds. The van der Waals surface area contributed by atoms with E-state index in [9.17, 15) is 14.9 Å². The highest BCUT2D eigenvalue weighted by atomic mass is 16.6. The predicted molar refractivity (Wildman–Crippen MR) is 108 cm³/mol. The number of carbonyl (C=O) groups excluding carboxylic acids is 1. The minimum Gasteiger partial charge on any atom is -0.492 e. The average Bonchev–Trinajstić information content (AvgIpc) is 2.74. The maximum absolute atomic E-state index is 12.7. The summed E-state index contributed by atoms with van der Waals surface area (Å²) in [5.41, 5.74) is 0.741. The van der Waals surface area contributed by atoms with Gasteiger partial charge in [0.05, 0.1) is 11.5 Å². The van der Waals surface area contributed by atoms with E-state index in [1.165, 1.54) is 6.07 Å². The molecule has 1 heterocycles. The van der Waals surface area contributed by atoms with Gasteiger partial charge in [-0.25, -0.2) is 0 Å². The third-order valence-electron chi connectivity index (χ3n) is 5.08. The predicted octanol–water partition coefficient (Wildman–Crippen LogP) is 3.35. The second-order valence-electron chi connectivity index (χ2n) is 6.93. The minimum absolute atomic E-state index is 0.0549. The molecule has 0 bridgehead atoms. The fourth-order valence-electron chi connectivity index (χ4n) is 3.49. The lowest BCUT2D eigenvalue weighted by atomic mass is 9.95. The molecule has 7 heteroatoms. The first kappa shape index (κ1) is 19.7. The number of rotatable bonds is 7. The molecule has 148 valence electrons. The monoisotopic (exact) mass is 383 g/mol. The maximum Gasteiger partial charge on any atom is 0.292 e. The van der Waals surface area contributed by atoms with Crippen LogP contribution < -0.4 is 9.64 Å². The van der Waals surface area contributed by atoms with Crippen LogP contribution >= 0.6 is 0 Å². The first-order valence-corrected chi connectivity index (χ1v) is 9.47. The number of hydrogen-bond donors (Lipinski definition) is 0. The number of ether oxygens (including phenoxy) is 1. The molecule has 28 heavy (non-hydrogen) atoms. The summed E-state index contributed by atoms with van der Waals surface area (Å²) in [6, 6.07) is 16.3. The van der Waals surface area contributed by atoms with E-state index in [0.29, 0.717) is 44.8 Å². The van der Waals surface area contributed by atoms with Crippen LogP contribution in [0.1, 0.15) is 12.8 Å². The molecule has 0 atom stereocenters. The molecular formula is C21H25N3O4. The molecule has 0 aromatic heterocycles. The van der Waals surface area contributed by atoms with Crippen LogP contribution in [0, 0.1) is 16.0 Å². The number of nitro benzene ring substituents is 1. The van der Waals surface area contributed by atoms with Crippen LogP contribution in [0.5, 0.6) is 5.75 Å². The number of nitrogens with zero attached hydrogens (tertiary/aromatic N) is 3. The summed E-state index contributed by atoms with van der Waals surface area (Å²) in [5.74, 6) is 0.848. The van der Waals surface area contributed by atoms with Crippen LogP contribution in [-0.2, 0) is 4.79 Å². The van der Waals surface area contributed by atoms with E-state index in [2.05, 4.69) is 0 Å². The molecule has 0 spiro atoms. The molecule has 1 saturated heterocycles. The van der Waals surface area contributed by atoms with Crippen molar-refractivity contribution in [2.45, 2.75) is 12.8 Å². The zero-order valence-electron chi connectivity index (χ0n) is 16.0. The quantitative estimate of drug-likeness (QED) is 0.541. The van der Waals surface area contributed by atoms with Gasteiger partial charge in [0.1, 0.15) is 18.0 Å². The molecule has 0 aliphatic carbocycles. The molecular weight excluding hydrogens is 358 g/mol. The number of piperidine rings is 1. The van der Waals surface area contributed by atoms with E-state index in [1.54, 1.807) is 30.1 Å². The molecule has 2 aromatic carbocycles. The summed E-state index contributed by atoms with van der Waals surface area (Å²) in [5, 5.41) is 11.2. The maximum atomic E-state index is 12.7. The van der Waals surface area contributed by atoms with Gasteiger partial charge >= 0.3 is 0 Å². The van der Waals surface area contributed by atoms with E-state index in [0.717, 1.165) is 5.75 Å². The van der Waals surface area contributed by atoms with Gasteiger partial charge in [0.15, 0.2) is 0 Å². The molecule has 3 rings (SSSR count).